The Hall–Kier alpha value is -2.36. The number of phenolic OH excluding ortho intramolecular Hbond substituents is 4. The van der Waals surface area contributed by atoms with Crippen LogP contribution in [0.5, 0.6) is 23.0 Å². The molecule has 2 aliphatic carbocycles. The Kier molecular flexibility index (Phi) is 2.85. The summed E-state index contributed by atoms with van der Waals surface area (Å²) >= 11 is 0. The van der Waals surface area contributed by atoms with Crippen LogP contribution >= 0.6 is 0 Å². The molecule has 0 radical (unpaired) electrons. The normalized spacial score (nSPS) is 21.3. The molecule has 0 fully saturated rings. The fourth-order valence-electron chi connectivity index (χ4n) is 5.68. The van der Waals surface area contributed by atoms with Crippen molar-refractivity contribution in [1.29, 1.82) is 0 Å². The van der Waals surface area contributed by atoms with Crippen molar-refractivity contribution in [2.75, 3.05) is 0 Å². The second-order valence-corrected chi connectivity index (χ2v) is 8.98. The Bertz CT molecular complexity index is 833. The molecule has 25 heavy (non-hydrogen) atoms. The molecule has 0 atom stereocenters. The zero-order chi connectivity index (χ0) is 18.4. The second kappa shape index (κ2) is 4.43. The Balaban J connectivity index is 2.11. The molecule has 4 heteroatoms. The number of fused-ring (bicyclic) bond motifs is 4. The third-order valence-corrected chi connectivity index (χ3v) is 6.08. The van der Waals surface area contributed by atoms with E-state index < -0.39 is 5.41 Å². The Morgan fingerprint density at radius 1 is 0.640 bits per heavy atom. The van der Waals surface area contributed by atoms with Crippen LogP contribution in [0, 0.1) is 0 Å². The van der Waals surface area contributed by atoms with Crippen LogP contribution in [0.25, 0.3) is 0 Å². The lowest BCUT2D eigenvalue weighted by Gasteiger charge is -2.30. The number of hydrogen-bond acceptors (Lipinski definition) is 4. The van der Waals surface area contributed by atoms with Gasteiger partial charge in [-0.05, 0) is 46.9 Å². The van der Waals surface area contributed by atoms with Crippen molar-refractivity contribution in [1.82, 2.24) is 0 Å². The molecular formula is C21H24O4. The van der Waals surface area contributed by atoms with Gasteiger partial charge in [0.25, 0.3) is 0 Å². The van der Waals surface area contributed by atoms with Gasteiger partial charge in [-0.1, -0.05) is 27.7 Å². The van der Waals surface area contributed by atoms with Gasteiger partial charge < -0.3 is 20.4 Å². The van der Waals surface area contributed by atoms with Crippen molar-refractivity contribution < 1.29 is 20.4 Å². The number of phenols is 4. The molecule has 0 unspecified atom stereocenters. The highest BCUT2D eigenvalue weighted by Crippen LogP contribution is 2.66. The standard InChI is InChI=1S/C21H24O4/c1-19(2)9-21(13-5-11(22)7-15(24)17(13)19)10-20(3,4)18-14(21)6-12(23)8-16(18)25/h5-8,22-25H,9-10H2,1-4H3. The van der Waals surface area contributed by atoms with Crippen LogP contribution in [-0.2, 0) is 16.2 Å². The summed E-state index contributed by atoms with van der Waals surface area (Å²) < 4.78 is 0. The van der Waals surface area contributed by atoms with E-state index >= 15 is 0 Å². The van der Waals surface area contributed by atoms with Crippen LogP contribution in [0.2, 0.25) is 0 Å². The fourth-order valence-corrected chi connectivity index (χ4v) is 5.68. The topological polar surface area (TPSA) is 80.9 Å². The highest BCUT2D eigenvalue weighted by atomic mass is 16.3. The van der Waals surface area contributed by atoms with E-state index in [-0.39, 0.29) is 33.8 Å². The number of aromatic hydroxyl groups is 4. The van der Waals surface area contributed by atoms with E-state index in [9.17, 15) is 20.4 Å². The molecule has 0 amide bonds. The average Bonchev–Trinajstić information content (AvgIpc) is 2.77. The van der Waals surface area contributed by atoms with Gasteiger partial charge in [0, 0.05) is 28.7 Å². The molecule has 132 valence electrons. The predicted octanol–water partition coefficient (Wildman–Crippen LogP) is 4.16. The SMILES string of the molecule is CC1(C)CC2(CC(C)(C)c3c(O)cc(O)cc32)c2cc(O)cc(O)c21. The van der Waals surface area contributed by atoms with Crippen LogP contribution < -0.4 is 0 Å². The minimum atomic E-state index is -0.454. The largest absolute Gasteiger partial charge is 0.508 e. The molecule has 2 aromatic carbocycles. The highest BCUT2D eigenvalue weighted by molar-refractivity contribution is 5.66. The van der Waals surface area contributed by atoms with Gasteiger partial charge in [0.15, 0.2) is 0 Å². The second-order valence-electron chi connectivity index (χ2n) is 8.98. The third-order valence-electron chi connectivity index (χ3n) is 6.08. The quantitative estimate of drug-likeness (QED) is 0.580. The van der Waals surface area contributed by atoms with Gasteiger partial charge in [0.1, 0.15) is 23.0 Å². The van der Waals surface area contributed by atoms with E-state index in [1.165, 1.54) is 12.1 Å². The van der Waals surface area contributed by atoms with Crippen molar-refractivity contribution >= 4 is 0 Å². The zero-order valence-electron chi connectivity index (χ0n) is 15.0. The summed E-state index contributed by atoms with van der Waals surface area (Å²) in [6.07, 6.45) is 1.48. The molecule has 1 spiro atoms. The van der Waals surface area contributed by atoms with E-state index in [1.807, 2.05) is 0 Å². The molecule has 2 aliphatic rings. The molecule has 0 saturated heterocycles. The molecular weight excluding hydrogens is 316 g/mol. The minimum absolute atomic E-state index is 0.0314. The molecule has 4 N–H and O–H groups in total. The highest BCUT2D eigenvalue weighted by Gasteiger charge is 2.58. The van der Waals surface area contributed by atoms with Crippen LogP contribution in [-0.4, -0.2) is 20.4 Å². The van der Waals surface area contributed by atoms with Gasteiger partial charge in [-0.25, -0.2) is 0 Å². The van der Waals surface area contributed by atoms with Gasteiger partial charge in [0.2, 0.25) is 0 Å². The van der Waals surface area contributed by atoms with Crippen molar-refractivity contribution in [2.24, 2.45) is 0 Å². The molecule has 2 aromatic rings. The molecule has 0 bridgehead atoms. The van der Waals surface area contributed by atoms with E-state index in [1.54, 1.807) is 12.1 Å². The number of benzene rings is 2. The van der Waals surface area contributed by atoms with Crippen LogP contribution in [0.1, 0.15) is 62.8 Å². The lowest BCUT2D eigenvalue weighted by Crippen LogP contribution is -2.26. The average molecular weight is 340 g/mol. The maximum absolute atomic E-state index is 10.5. The van der Waals surface area contributed by atoms with Gasteiger partial charge in [-0.3, -0.25) is 0 Å². The minimum Gasteiger partial charge on any atom is -0.508 e. The molecule has 0 aromatic heterocycles. The Morgan fingerprint density at radius 3 is 1.36 bits per heavy atom. The molecule has 4 nitrogen and oxygen atoms in total. The summed E-state index contributed by atoms with van der Waals surface area (Å²) in [4.78, 5) is 0. The van der Waals surface area contributed by atoms with E-state index in [2.05, 4.69) is 27.7 Å². The van der Waals surface area contributed by atoms with Crippen molar-refractivity contribution in [3.8, 4) is 23.0 Å². The van der Waals surface area contributed by atoms with Crippen molar-refractivity contribution in [3.63, 3.8) is 0 Å². The van der Waals surface area contributed by atoms with E-state index in [0.717, 1.165) is 35.1 Å². The summed E-state index contributed by atoms with van der Waals surface area (Å²) in [6.45, 7) is 8.35. The molecule has 0 aliphatic heterocycles. The van der Waals surface area contributed by atoms with Crippen molar-refractivity contribution in [3.05, 3.63) is 46.5 Å². The lowest BCUT2D eigenvalue weighted by molar-refractivity contribution is 0.344. The summed E-state index contributed by atoms with van der Waals surface area (Å²) in [7, 11) is 0. The first-order valence-corrected chi connectivity index (χ1v) is 8.62. The smallest absolute Gasteiger partial charge is 0.123 e. The zero-order valence-corrected chi connectivity index (χ0v) is 15.0. The van der Waals surface area contributed by atoms with E-state index in [4.69, 9.17) is 0 Å². The van der Waals surface area contributed by atoms with Crippen molar-refractivity contribution in [2.45, 2.75) is 56.8 Å². The number of rotatable bonds is 0. The summed E-state index contributed by atoms with van der Waals surface area (Å²) in [6, 6.07) is 6.24. The Labute approximate surface area is 147 Å². The summed E-state index contributed by atoms with van der Waals surface area (Å²) in [5.74, 6) is 0.271. The maximum atomic E-state index is 10.5. The maximum Gasteiger partial charge on any atom is 0.123 e. The molecule has 0 saturated carbocycles. The lowest BCUT2D eigenvalue weighted by atomic mass is 9.72. The van der Waals surface area contributed by atoms with Gasteiger partial charge in [-0.15, -0.1) is 0 Å². The molecule has 0 heterocycles. The molecule has 4 rings (SSSR count). The third kappa shape index (κ3) is 1.94. The Morgan fingerprint density at radius 2 is 1.00 bits per heavy atom. The monoisotopic (exact) mass is 340 g/mol. The van der Waals surface area contributed by atoms with Crippen LogP contribution in [0.4, 0.5) is 0 Å². The van der Waals surface area contributed by atoms with Gasteiger partial charge >= 0.3 is 0 Å². The summed E-state index contributed by atoms with van der Waals surface area (Å²) in [5.41, 5.74) is 2.45. The first kappa shape index (κ1) is 16.1. The van der Waals surface area contributed by atoms with Crippen LogP contribution in [0.15, 0.2) is 24.3 Å². The first-order valence-electron chi connectivity index (χ1n) is 8.62. The summed E-state index contributed by atoms with van der Waals surface area (Å²) in [5, 5.41) is 41.3. The van der Waals surface area contributed by atoms with E-state index in [0.29, 0.717) is 0 Å². The predicted molar refractivity (Wildman–Crippen MR) is 95.6 cm³/mol. The first-order chi connectivity index (χ1) is 11.5. The van der Waals surface area contributed by atoms with Gasteiger partial charge in [0.05, 0.1) is 0 Å². The number of hydrogen-bond donors (Lipinski definition) is 4. The van der Waals surface area contributed by atoms with Gasteiger partial charge in [-0.2, -0.15) is 0 Å². The fraction of sp³-hybridized carbons (Fsp3) is 0.429. The van der Waals surface area contributed by atoms with Crippen LogP contribution in [0.3, 0.4) is 0 Å².